The molecule has 7 nitrogen and oxygen atoms in total. The van der Waals surface area contributed by atoms with Crippen molar-refractivity contribution in [3.05, 3.63) is 70.8 Å². The summed E-state index contributed by atoms with van der Waals surface area (Å²) in [5.41, 5.74) is 14.1. The van der Waals surface area contributed by atoms with Crippen LogP contribution in [-0.4, -0.2) is 44.8 Å². The van der Waals surface area contributed by atoms with Gasteiger partial charge >= 0.3 is 0 Å². The number of nitrogens with one attached hydrogen (secondary N) is 2. The van der Waals surface area contributed by atoms with Gasteiger partial charge in [-0.2, -0.15) is 0 Å². The fourth-order valence-corrected chi connectivity index (χ4v) is 3.08. The summed E-state index contributed by atoms with van der Waals surface area (Å²) in [5, 5.41) is 0. The number of rotatable bonds is 15. The van der Waals surface area contributed by atoms with Crippen molar-refractivity contribution >= 4 is 11.8 Å². The van der Waals surface area contributed by atoms with Gasteiger partial charge < -0.3 is 15.2 Å². The highest BCUT2D eigenvalue weighted by molar-refractivity contribution is 5.94. The Balaban J connectivity index is 1.64. The molecular formula is C24H33N3O4. The van der Waals surface area contributed by atoms with Gasteiger partial charge in [0.05, 0.1) is 13.2 Å². The summed E-state index contributed by atoms with van der Waals surface area (Å²) >= 11 is 0. The second kappa shape index (κ2) is 14.3. The topological polar surface area (TPSA) is 103 Å². The first-order valence-corrected chi connectivity index (χ1v) is 10.8. The van der Waals surface area contributed by atoms with Crippen molar-refractivity contribution in [3.8, 4) is 0 Å². The number of hydrazine groups is 1. The average molecular weight is 428 g/mol. The number of unbranched alkanes of at least 4 members (excludes halogenated alkanes) is 2. The summed E-state index contributed by atoms with van der Waals surface area (Å²) in [6.45, 7) is 5.40. The Labute approximate surface area is 184 Å². The van der Waals surface area contributed by atoms with E-state index < -0.39 is 5.91 Å². The van der Waals surface area contributed by atoms with Crippen molar-refractivity contribution in [2.24, 2.45) is 5.73 Å². The van der Waals surface area contributed by atoms with Gasteiger partial charge in [0, 0.05) is 30.9 Å². The van der Waals surface area contributed by atoms with Crippen molar-refractivity contribution in [2.75, 3.05) is 33.0 Å². The third-order valence-electron chi connectivity index (χ3n) is 4.76. The zero-order chi connectivity index (χ0) is 22.3. The van der Waals surface area contributed by atoms with E-state index in [0.29, 0.717) is 37.3 Å². The molecule has 2 amide bonds. The monoisotopic (exact) mass is 427 g/mol. The number of carbonyl (C=O) groups is 2. The Morgan fingerprint density at radius 1 is 0.903 bits per heavy atom. The lowest BCUT2D eigenvalue weighted by atomic mass is 9.98. The number of amides is 2. The summed E-state index contributed by atoms with van der Waals surface area (Å²) in [4.78, 5) is 23.8. The molecule has 0 saturated heterocycles. The molecular weight excluding hydrogens is 394 g/mol. The second-order valence-electron chi connectivity index (χ2n) is 7.15. The molecule has 0 aromatic heterocycles. The summed E-state index contributed by atoms with van der Waals surface area (Å²) in [5.74, 6) is -0.616. The minimum atomic E-state index is -0.438. The van der Waals surface area contributed by atoms with Gasteiger partial charge in [0.2, 0.25) is 5.91 Å². The van der Waals surface area contributed by atoms with E-state index in [4.69, 9.17) is 15.2 Å². The molecule has 0 spiro atoms. The lowest BCUT2D eigenvalue weighted by molar-refractivity contribution is 0.0513. The molecule has 0 unspecified atom stereocenters. The smallest absolute Gasteiger partial charge is 0.265 e. The molecule has 4 N–H and O–H groups in total. The summed E-state index contributed by atoms with van der Waals surface area (Å²) in [6, 6.07) is 14.6. The van der Waals surface area contributed by atoms with Crippen LogP contribution in [0.15, 0.2) is 48.5 Å². The van der Waals surface area contributed by atoms with Crippen LogP contribution in [0.4, 0.5) is 0 Å². The highest BCUT2D eigenvalue weighted by atomic mass is 16.5. The van der Waals surface area contributed by atoms with Crippen LogP contribution >= 0.6 is 0 Å². The largest absolute Gasteiger partial charge is 0.379 e. The molecule has 0 aliphatic heterocycles. The molecule has 0 radical (unpaired) electrons. The van der Waals surface area contributed by atoms with Gasteiger partial charge in [-0.3, -0.25) is 15.0 Å². The summed E-state index contributed by atoms with van der Waals surface area (Å²) in [7, 11) is 0. The maximum atomic E-state index is 12.3. The van der Waals surface area contributed by atoms with Gasteiger partial charge in [0.25, 0.3) is 5.91 Å². The van der Waals surface area contributed by atoms with Crippen LogP contribution in [0.1, 0.15) is 58.0 Å². The van der Waals surface area contributed by atoms with E-state index >= 15 is 0 Å². The van der Waals surface area contributed by atoms with Crippen LogP contribution in [0.2, 0.25) is 0 Å². The van der Waals surface area contributed by atoms with Crippen molar-refractivity contribution in [1.29, 1.82) is 0 Å². The number of ether oxygens (including phenoxy) is 2. The van der Waals surface area contributed by atoms with Gasteiger partial charge in [0.15, 0.2) is 0 Å². The Kier molecular flexibility index (Phi) is 11.3. The Morgan fingerprint density at radius 2 is 1.65 bits per heavy atom. The lowest BCUT2D eigenvalue weighted by Crippen LogP contribution is -2.37. The van der Waals surface area contributed by atoms with Crippen molar-refractivity contribution in [1.82, 2.24) is 10.9 Å². The van der Waals surface area contributed by atoms with E-state index in [9.17, 15) is 9.59 Å². The Hall–Kier alpha value is -2.74. The zero-order valence-electron chi connectivity index (χ0n) is 18.2. The van der Waals surface area contributed by atoms with Crippen molar-refractivity contribution < 1.29 is 19.1 Å². The van der Waals surface area contributed by atoms with Gasteiger partial charge in [-0.25, -0.2) is 5.43 Å². The van der Waals surface area contributed by atoms with Crippen molar-refractivity contribution in [2.45, 2.75) is 32.6 Å². The van der Waals surface area contributed by atoms with Crippen molar-refractivity contribution in [3.63, 3.8) is 0 Å². The van der Waals surface area contributed by atoms with Gasteiger partial charge in [-0.1, -0.05) is 30.3 Å². The van der Waals surface area contributed by atoms with E-state index in [0.717, 1.165) is 43.6 Å². The van der Waals surface area contributed by atoms with Gasteiger partial charge in [-0.05, 0) is 61.9 Å². The molecule has 0 aliphatic rings. The van der Waals surface area contributed by atoms with Crippen LogP contribution in [-0.2, 0) is 15.9 Å². The predicted molar refractivity (Wildman–Crippen MR) is 121 cm³/mol. The molecule has 2 aromatic carbocycles. The summed E-state index contributed by atoms with van der Waals surface area (Å²) < 4.78 is 10.7. The first-order chi connectivity index (χ1) is 15.1. The molecule has 0 heterocycles. The Bertz CT molecular complexity index is 809. The van der Waals surface area contributed by atoms with Crippen LogP contribution in [0.3, 0.4) is 0 Å². The highest BCUT2D eigenvalue weighted by Gasteiger charge is 2.09. The molecule has 31 heavy (non-hydrogen) atoms. The number of hydrogen-bond donors (Lipinski definition) is 3. The molecule has 0 atom stereocenters. The SMILES string of the molecule is CCOCCOCCCCCNNC(=O)c1ccc(Cc2ccccc2C(N)=O)cc1. The number of benzene rings is 2. The van der Waals surface area contributed by atoms with E-state index in [1.54, 1.807) is 24.3 Å². The van der Waals surface area contributed by atoms with E-state index in [2.05, 4.69) is 10.9 Å². The average Bonchev–Trinajstić information content (AvgIpc) is 2.78. The van der Waals surface area contributed by atoms with Gasteiger partial charge in [-0.15, -0.1) is 0 Å². The fraction of sp³-hybridized carbons (Fsp3) is 0.417. The number of nitrogens with two attached hydrogens (primary N) is 1. The number of hydrogen-bond acceptors (Lipinski definition) is 5. The van der Waals surface area contributed by atoms with Crippen LogP contribution in [0.5, 0.6) is 0 Å². The van der Waals surface area contributed by atoms with E-state index in [-0.39, 0.29) is 5.91 Å². The summed E-state index contributed by atoms with van der Waals surface area (Å²) in [6.07, 6.45) is 3.54. The minimum Gasteiger partial charge on any atom is -0.379 e. The van der Waals surface area contributed by atoms with Gasteiger partial charge in [0.1, 0.15) is 0 Å². The maximum Gasteiger partial charge on any atom is 0.265 e. The predicted octanol–water partition coefficient (Wildman–Crippen LogP) is 2.83. The lowest BCUT2D eigenvalue weighted by Gasteiger charge is -2.09. The molecule has 2 aromatic rings. The highest BCUT2D eigenvalue weighted by Crippen LogP contribution is 2.15. The number of carbonyl (C=O) groups excluding carboxylic acids is 2. The van der Waals surface area contributed by atoms with Crippen LogP contribution in [0.25, 0.3) is 0 Å². The molecule has 0 aliphatic carbocycles. The molecule has 0 bridgehead atoms. The Morgan fingerprint density at radius 3 is 2.39 bits per heavy atom. The minimum absolute atomic E-state index is 0.177. The standard InChI is InChI=1S/C24H33N3O4/c1-2-30-16-17-31-15-7-3-6-14-26-27-24(29)20-12-10-19(11-13-20)18-21-8-4-5-9-22(21)23(25)28/h4-5,8-13,26H,2-3,6-7,14-18H2,1H3,(H2,25,28)(H,27,29). The van der Waals surface area contributed by atoms with E-state index in [1.807, 2.05) is 31.2 Å². The molecule has 0 saturated carbocycles. The quantitative estimate of drug-likeness (QED) is 0.300. The van der Waals surface area contributed by atoms with E-state index in [1.165, 1.54) is 0 Å². The molecule has 0 fully saturated rings. The fourth-order valence-electron chi connectivity index (χ4n) is 3.08. The second-order valence-corrected chi connectivity index (χ2v) is 7.15. The van der Waals surface area contributed by atoms with Crippen LogP contribution in [0, 0.1) is 0 Å². The third kappa shape index (κ3) is 9.29. The zero-order valence-corrected chi connectivity index (χ0v) is 18.2. The molecule has 168 valence electrons. The maximum absolute atomic E-state index is 12.3. The first kappa shape index (κ1) is 24.5. The number of primary amides is 1. The van der Waals surface area contributed by atoms with Crippen LogP contribution < -0.4 is 16.6 Å². The molecule has 2 rings (SSSR count). The first-order valence-electron chi connectivity index (χ1n) is 10.8. The normalized spacial score (nSPS) is 10.7. The third-order valence-corrected chi connectivity index (χ3v) is 4.76. The molecule has 7 heteroatoms.